The van der Waals surface area contributed by atoms with Crippen LogP contribution in [0.5, 0.6) is 0 Å². The Morgan fingerprint density at radius 1 is 0.187 bits per heavy atom. The fourth-order valence-electron chi connectivity index (χ4n) is 22.2. The van der Waals surface area contributed by atoms with E-state index < -0.39 is 0 Å². The summed E-state index contributed by atoms with van der Waals surface area (Å²) >= 11 is 0. The van der Waals surface area contributed by atoms with E-state index in [9.17, 15) is 0 Å². The highest BCUT2D eigenvalue weighted by molar-refractivity contribution is 6.26. The third-order valence-corrected chi connectivity index (χ3v) is 30.4. The van der Waals surface area contributed by atoms with E-state index in [2.05, 4.69) is 608 Å². The lowest BCUT2D eigenvalue weighted by molar-refractivity contribution is 1.11. The Hall–Kier alpha value is -18.4. The highest BCUT2D eigenvalue weighted by atomic mass is 15.2. The van der Waals surface area contributed by atoms with Gasteiger partial charge < -0.3 is 29.4 Å². The molecule has 0 heterocycles. The van der Waals surface area contributed by atoms with Gasteiger partial charge in [-0.3, -0.25) is 0 Å². The summed E-state index contributed by atoms with van der Waals surface area (Å²) < 4.78 is 0. The summed E-state index contributed by atoms with van der Waals surface area (Å²) in [6.45, 7) is 22.0. The van der Waals surface area contributed by atoms with Gasteiger partial charge in [0.05, 0.1) is 22.7 Å². The van der Waals surface area contributed by atoms with Crippen molar-refractivity contribution in [3.8, 4) is 22.3 Å². The Bertz CT molecular complexity index is 8980. The molecule has 25 rings (SSSR count). The maximum absolute atomic E-state index is 2.49. The smallest absolute Gasteiger partial charge is 0.0619 e. The number of benzene rings is 24. The SMILES string of the molecule is C/C=C(\C)N(c1ccccc1)c1ccc2c(-c3ccc4ccccc4c3)c3cc(N(c4ccccc4)c4ccccc4)ccc3c(-c3ccc4ccccc4c3)c2c1.Cc1ccc(N(c2ccc(C)c(C)c2)c2cc3c(cc(N(c4ccc(C)c(C)c4)c4ccc(C)c(C)c4)c4ccccc43)c3c2=CCCC=3)cc1C.c1ccc(N(c2ccccc2)c2c3ccccc3c(N(c3ccccc3)c3ccccc3)c3ccccc23)cc1. The molecule has 6 heteroatoms. The average molecular weight is 1930 g/mol. The highest BCUT2D eigenvalue weighted by Crippen LogP contribution is 2.55. The van der Waals surface area contributed by atoms with Crippen LogP contribution in [0.25, 0.3) is 121 Å². The minimum absolute atomic E-state index is 1.02. The Morgan fingerprint density at radius 2 is 0.480 bits per heavy atom. The van der Waals surface area contributed by atoms with Crippen molar-refractivity contribution in [3.63, 3.8) is 0 Å². The number of allylic oxidation sites excluding steroid dienone is 2. The van der Waals surface area contributed by atoms with Crippen molar-refractivity contribution in [2.24, 2.45) is 0 Å². The van der Waals surface area contributed by atoms with E-state index in [4.69, 9.17) is 0 Å². The lowest BCUT2D eigenvalue weighted by Crippen LogP contribution is -2.33. The first-order valence-electron chi connectivity index (χ1n) is 52.4. The van der Waals surface area contributed by atoms with Crippen LogP contribution in [-0.2, 0) is 0 Å². The van der Waals surface area contributed by atoms with Crippen molar-refractivity contribution in [3.05, 3.63) is 558 Å². The summed E-state index contributed by atoms with van der Waals surface area (Å²) in [5.41, 5.74) is 36.0. The van der Waals surface area contributed by atoms with E-state index in [0.717, 1.165) is 64.0 Å². The van der Waals surface area contributed by atoms with Gasteiger partial charge in [0.1, 0.15) is 0 Å². The predicted octanol–water partition coefficient (Wildman–Crippen LogP) is 39.9. The van der Waals surface area contributed by atoms with E-state index in [1.807, 2.05) is 0 Å². The molecule has 0 fully saturated rings. The molecule has 150 heavy (non-hydrogen) atoms. The van der Waals surface area contributed by atoms with Gasteiger partial charge in [0.15, 0.2) is 0 Å². The van der Waals surface area contributed by atoms with E-state index in [0.29, 0.717) is 0 Å². The van der Waals surface area contributed by atoms with Gasteiger partial charge in [0.25, 0.3) is 0 Å². The van der Waals surface area contributed by atoms with Crippen molar-refractivity contribution < 1.29 is 0 Å². The second-order valence-electron chi connectivity index (χ2n) is 39.7. The summed E-state index contributed by atoms with van der Waals surface area (Å²) in [6, 6.07) is 179. The molecule has 0 saturated carbocycles. The minimum atomic E-state index is 1.02. The molecule has 1 aliphatic carbocycles. The number of aryl methyl sites for hydroxylation is 8. The summed E-state index contributed by atoms with van der Waals surface area (Å²) in [5.74, 6) is 0. The first kappa shape index (κ1) is 95.2. The fraction of sp³-hybridized carbons (Fsp3) is 0.0833. The predicted molar refractivity (Wildman–Crippen MR) is 647 cm³/mol. The third-order valence-electron chi connectivity index (χ3n) is 30.4. The molecule has 1 aliphatic rings. The minimum Gasteiger partial charge on any atom is -0.315 e. The molecule has 0 unspecified atom stereocenters. The molecule has 24 aromatic rings. The standard InChI is InChI=1S/C56H42N2.C50H48N2.C38H28N2/c1-3-39(2)57(46-21-7-4-8-22-46)49-31-33-51-53(37-49)55(44-29-27-40-17-13-15-19-42(40)35-44)52-34-32-50(58(47-23-9-5-10-24-47)48-25-11-6-12-26-48)38-54(52)56(51)45-30-28-41-18-14-16-20-43(41)36-45;1-31-17-21-39(25-35(31)5)51(40-22-18-32(2)36(6)26-40)49-29-47-44-14-10-12-16-46(44)50(30-48(47)43-13-9-11-15-45(43)49)52(41-23-19-33(3)37(7)27-41)42-24-20-34(4)38(8)28-42;1-5-17-29(18-6-1)39(30-19-7-2-8-20-30)37-33-25-13-15-27-35(33)38(36-28-16-14-26-34(36)37)40(31-21-9-3-10-22-31)32-23-11-4-12-24-32/h3-38H,1-2H3;9,11,13-30H,10,12H2,1-8H3;1-28H/b39-3+;;. The van der Waals surface area contributed by atoms with Crippen LogP contribution in [0.2, 0.25) is 0 Å². The van der Waals surface area contributed by atoms with Crippen LogP contribution < -0.4 is 39.8 Å². The first-order chi connectivity index (χ1) is 73.6. The number of para-hydroxylation sites is 7. The molecule has 6 nitrogen and oxygen atoms in total. The maximum Gasteiger partial charge on any atom is 0.0619 e. The third kappa shape index (κ3) is 18.4. The number of hydrogen-bond donors (Lipinski definition) is 0. The van der Waals surface area contributed by atoms with Crippen molar-refractivity contribution in [2.75, 3.05) is 29.4 Å². The van der Waals surface area contributed by atoms with Gasteiger partial charge in [-0.15, -0.1) is 0 Å². The Balaban J connectivity index is 0.000000125. The van der Waals surface area contributed by atoms with Gasteiger partial charge in [-0.05, 0) is 395 Å². The molecule has 0 amide bonds. The van der Waals surface area contributed by atoms with Crippen molar-refractivity contribution in [2.45, 2.75) is 82.1 Å². The molecule has 0 radical (unpaired) electrons. The topological polar surface area (TPSA) is 19.4 Å². The normalized spacial score (nSPS) is 11.8. The van der Waals surface area contributed by atoms with Crippen LogP contribution in [0.15, 0.2) is 503 Å². The maximum atomic E-state index is 2.49. The quantitative estimate of drug-likeness (QED) is 0.0427. The summed E-state index contributed by atoms with van der Waals surface area (Å²) in [5, 5.41) is 22.2. The van der Waals surface area contributed by atoms with Gasteiger partial charge in [-0.2, -0.15) is 0 Å². The zero-order valence-electron chi connectivity index (χ0n) is 86.6. The van der Waals surface area contributed by atoms with Crippen LogP contribution in [0.1, 0.15) is 71.2 Å². The van der Waals surface area contributed by atoms with E-state index in [1.165, 1.54) is 215 Å². The number of hydrogen-bond acceptors (Lipinski definition) is 6. The van der Waals surface area contributed by atoms with Crippen LogP contribution in [-0.4, -0.2) is 0 Å². The molecule has 24 aromatic carbocycles. The van der Waals surface area contributed by atoms with E-state index in [-0.39, 0.29) is 0 Å². The lowest BCUT2D eigenvalue weighted by atomic mass is 9.84. The monoisotopic (exact) mass is 1930 g/mol. The van der Waals surface area contributed by atoms with E-state index >= 15 is 0 Å². The largest absolute Gasteiger partial charge is 0.315 e. The second kappa shape index (κ2) is 41.6. The molecule has 0 aromatic heterocycles. The zero-order chi connectivity index (χ0) is 102. The van der Waals surface area contributed by atoms with Gasteiger partial charge in [0, 0.05) is 112 Å². The molecule has 0 N–H and O–H groups in total. The van der Waals surface area contributed by atoms with Gasteiger partial charge in [-0.25, -0.2) is 0 Å². The molecular weight excluding hydrogens is 1810 g/mol. The van der Waals surface area contributed by atoms with Crippen molar-refractivity contribution in [1.29, 1.82) is 0 Å². The van der Waals surface area contributed by atoms with Gasteiger partial charge >= 0.3 is 0 Å². The summed E-state index contributed by atoms with van der Waals surface area (Å²) in [6.07, 6.45) is 9.19. The molecule has 0 aliphatic heterocycles. The average Bonchev–Trinajstić information content (AvgIpc) is 0.726. The van der Waals surface area contributed by atoms with Crippen LogP contribution in [0.4, 0.5) is 96.7 Å². The first-order valence-corrected chi connectivity index (χ1v) is 52.4. The van der Waals surface area contributed by atoms with Gasteiger partial charge in [0.2, 0.25) is 0 Å². The Kier molecular flexibility index (Phi) is 26.4. The summed E-state index contributed by atoms with van der Waals surface area (Å²) in [7, 11) is 0. The highest BCUT2D eigenvalue weighted by Gasteiger charge is 2.30. The number of anilines is 17. The summed E-state index contributed by atoms with van der Waals surface area (Å²) in [4.78, 5) is 14.5. The lowest BCUT2D eigenvalue weighted by Gasteiger charge is -2.32. The van der Waals surface area contributed by atoms with Crippen molar-refractivity contribution in [1.82, 2.24) is 0 Å². The Labute approximate surface area is 880 Å². The second-order valence-corrected chi connectivity index (χ2v) is 39.7. The fourth-order valence-corrected chi connectivity index (χ4v) is 22.2. The van der Waals surface area contributed by atoms with Crippen LogP contribution in [0.3, 0.4) is 0 Å². The van der Waals surface area contributed by atoms with Crippen molar-refractivity contribution >= 4 is 195 Å². The van der Waals surface area contributed by atoms with Gasteiger partial charge in [-0.1, -0.05) is 328 Å². The molecule has 0 atom stereocenters. The molecule has 0 spiro atoms. The molecular formula is C144H118N6. The molecule has 0 bridgehead atoms. The van der Waals surface area contributed by atoms with Crippen LogP contribution in [0, 0.1) is 55.4 Å². The molecule has 724 valence electrons. The number of nitrogens with zero attached hydrogens (tertiary/aromatic N) is 6. The van der Waals surface area contributed by atoms with E-state index in [1.54, 1.807) is 0 Å². The molecule has 0 saturated heterocycles. The van der Waals surface area contributed by atoms with Crippen LogP contribution >= 0.6 is 0 Å². The zero-order valence-corrected chi connectivity index (χ0v) is 86.6. The Morgan fingerprint density at radius 3 is 0.853 bits per heavy atom. The number of rotatable bonds is 20. The number of fused-ring (bicyclic) bond motifs is 11.